The van der Waals surface area contributed by atoms with E-state index in [2.05, 4.69) is 19.9 Å². The van der Waals surface area contributed by atoms with Gasteiger partial charge < -0.3 is 0 Å². The van der Waals surface area contributed by atoms with Gasteiger partial charge in [0.25, 0.3) is 0 Å². The van der Waals surface area contributed by atoms with E-state index in [1.165, 1.54) is 6.33 Å². The maximum Gasteiger partial charge on any atom is 0.163 e. The summed E-state index contributed by atoms with van der Waals surface area (Å²) in [6, 6.07) is 3.86. The highest BCUT2D eigenvalue weighted by atomic mass is 14.9. The molecule has 0 unspecified atom stereocenters. The molecule has 0 radical (unpaired) electrons. The van der Waals surface area contributed by atoms with Gasteiger partial charge in [-0.05, 0) is 6.07 Å². The average molecular weight is 182 g/mol. The monoisotopic (exact) mass is 182 g/mol. The lowest BCUT2D eigenvalue weighted by Crippen LogP contribution is -1.75. The van der Waals surface area contributed by atoms with E-state index in [0.717, 1.165) is 22.3 Å². The summed E-state index contributed by atoms with van der Waals surface area (Å²) in [7, 11) is 0. The standard InChI is InChI=1S/C10H6N4/c1-2-7-8-4-12-6-13-10(8)14-9(7)5-11-3-1/h1-6H. The Labute approximate surface area is 80.0 Å². The Bertz CT molecular complexity index is 564. The minimum atomic E-state index is 0.725. The largest absolute Gasteiger partial charge is 0.262 e. The van der Waals surface area contributed by atoms with Crippen LogP contribution in [0, 0.1) is 0 Å². The predicted octanol–water partition coefficient (Wildman–Crippen LogP) is 1.52. The summed E-state index contributed by atoms with van der Waals surface area (Å²) in [4.78, 5) is 16.5. The molecule has 0 fully saturated rings. The topological polar surface area (TPSA) is 51.6 Å². The van der Waals surface area contributed by atoms with E-state index in [4.69, 9.17) is 0 Å². The Morgan fingerprint density at radius 3 is 3.07 bits per heavy atom. The van der Waals surface area contributed by atoms with E-state index in [-0.39, 0.29) is 0 Å². The van der Waals surface area contributed by atoms with Crippen molar-refractivity contribution in [3.63, 3.8) is 0 Å². The van der Waals surface area contributed by atoms with Crippen molar-refractivity contribution in [2.24, 2.45) is 0 Å². The number of aromatic nitrogens is 4. The molecule has 0 aromatic carbocycles. The fraction of sp³-hybridized carbons (Fsp3) is 0. The van der Waals surface area contributed by atoms with Crippen LogP contribution in [0.25, 0.3) is 22.3 Å². The van der Waals surface area contributed by atoms with E-state index in [1.807, 2.05) is 12.1 Å². The first-order valence-corrected chi connectivity index (χ1v) is 4.24. The SMILES string of the molecule is c1cncc2nc3ncncc3c-2c1. The molecule has 0 atom stereocenters. The zero-order valence-corrected chi connectivity index (χ0v) is 7.25. The van der Waals surface area contributed by atoms with Crippen LogP contribution in [0.4, 0.5) is 0 Å². The zero-order chi connectivity index (χ0) is 9.38. The minimum Gasteiger partial charge on any atom is -0.262 e. The zero-order valence-electron chi connectivity index (χ0n) is 7.25. The molecule has 4 heteroatoms. The summed E-state index contributed by atoms with van der Waals surface area (Å²) in [5, 5.41) is 0.973. The molecule has 3 rings (SSSR count). The van der Waals surface area contributed by atoms with Crippen LogP contribution in [0.5, 0.6) is 0 Å². The molecular formula is C10H6N4. The van der Waals surface area contributed by atoms with E-state index >= 15 is 0 Å². The molecule has 0 saturated heterocycles. The van der Waals surface area contributed by atoms with Crippen molar-refractivity contribution in [3.05, 3.63) is 37.1 Å². The predicted molar refractivity (Wildman–Crippen MR) is 51.8 cm³/mol. The van der Waals surface area contributed by atoms with Gasteiger partial charge in [0.1, 0.15) is 6.33 Å². The Balaban J connectivity index is 2.52. The Morgan fingerprint density at radius 2 is 2.07 bits per heavy atom. The Morgan fingerprint density at radius 1 is 1.07 bits per heavy atom. The quantitative estimate of drug-likeness (QED) is 0.529. The molecule has 66 valence electrons. The van der Waals surface area contributed by atoms with Gasteiger partial charge in [0.2, 0.25) is 0 Å². The van der Waals surface area contributed by atoms with Gasteiger partial charge in [0, 0.05) is 23.3 Å². The number of rotatable bonds is 0. The molecule has 14 heavy (non-hydrogen) atoms. The first-order valence-electron chi connectivity index (χ1n) is 4.24. The number of hydrogen-bond acceptors (Lipinski definition) is 4. The summed E-state index contributed by atoms with van der Waals surface area (Å²) in [5.41, 5.74) is 2.62. The lowest BCUT2D eigenvalue weighted by atomic mass is 10.2. The molecule has 0 N–H and O–H groups in total. The molecule has 0 saturated carbocycles. The number of nitrogens with zero attached hydrogens (tertiary/aromatic N) is 4. The van der Waals surface area contributed by atoms with Crippen LogP contribution in [0.3, 0.4) is 0 Å². The van der Waals surface area contributed by atoms with Gasteiger partial charge in [-0.25, -0.2) is 15.0 Å². The highest BCUT2D eigenvalue weighted by Crippen LogP contribution is 2.26. The normalized spacial score (nSPS) is 10.9. The summed E-state index contributed by atoms with van der Waals surface area (Å²) < 4.78 is 0. The fourth-order valence-electron chi connectivity index (χ4n) is 1.49. The molecular weight excluding hydrogens is 176 g/mol. The van der Waals surface area contributed by atoms with Crippen LogP contribution in [0.1, 0.15) is 0 Å². The van der Waals surface area contributed by atoms with Crippen molar-refractivity contribution in [2.75, 3.05) is 0 Å². The fourth-order valence-corrected chi connectivity index (χ4v) is 1.49. The molecule has 3 heterocycles. The van der Waals surface area contributed by atoms with Crippen molar-refractivity contribution in [1.82, 2.24) is 19.9 Å². The summed E-state index contributed by atoms with van der Waals surface area (Å²) in [6.07, 6.45) is 6.74. The van der Waals surface area contributed by atoms with Crippen LogP contribution in [0.15, 0.2) is 37.1 Å². The lowest BCUT2D eigenvalue weighted by molar-refractivity contribution is 1.20. The van der Waals surface area contributed by atoms with Crippen molar-refractivity contribution >= 4 is 11.0 Å². The van der Waals surface area contributed by atoms with E-state index < -0.39 is 0 Å². The second-order valence-corrected chi connectivity index (χ2v) is 2.96. The first-order chi connectivity index (χ1) is 6.95. The molecule has 0 amide bonds. The van der Waals surface area contributed by atoms with Crippen LogP contribution < -0.4 is 0 Å². The molecule has 1 aromatic rings. The molecule has 2 aliphatic heterocycles. The van der Waals surface area contributed by atoms with E-state index in [9.17, 15) is 0 Å². The van der Waals surface area contributed by atoms with Crippen molar-refractivity contribution in [3.8, 4) is 11.3 Å². The molecule has 4 nitrogen and oxygen atoms in total. The highest BCUT2D eigenvalue weighted by molar-refractivity contribution is 5.94. The highest BCUT2D eigenvalue weighted by Gasteiger charge is 2.10. The second kappa shape index (κ2) is 2.70. The molecule has 1 aromatic heterocycles. The van der Waals surface area contributed by atoms with Crippen molar-refractivity contribution in [2.45, 2.75) is 0 Å². The number of hydrogen-bond donors (Lipinski definition) is 0. The average Bonchev–Trinajstić information content (AvgIpc) is 2.42. The van der Waals surface area contributed by atoms with Gasteiger partial charge in [-0.2, -0.15) is 0 Å². The lowest BCUT2D eigenvalue weighted by Gasteiger charge is -1.87. The van der Waals surface area contributed by atoms with Crippen molar-refractivity contribution in [1.29, 1.82) is 0 Å². The minimum absolute atomic E-state index is 0.725. The Hall–Kier alpha value is -2.10. The van der Waals surface area contributed by atoms with Crippen LogP contribution in [0.2, 0.25) is 0 Å². The van der Waals surface area contributed by atoms with Crippen LogP contribution in [-0.2, 0) is 0 Å². The van der Waals surface area contributed by atoms with Gasteiger partial charge in [-0.1, -0.05) is 6.07 Å². The Kier molecular flexibility index (Phi) is 1.41. The summed E-state index contributed by atoms with van der Waals surface area (Å²) >= 11 is 0. The first kappa shape index (κ1) is 7.32. The smallest absolute Gasteiger partial charge is 0.163 e. The van der Waals surface area contributed by atoms with E-state index in [0.29, 0.717) is 0 Å². The molecule has 2 aliphatic rings. The molecule has 0 bridgehead atoms. The maximum absolute atomic E-state index is 4.34. The third-order valence-corrected chi connectivity index (χ3v) is 2.12. The van der Waals surface area contributed by atoms with Crippen LogP contribution in [-0.4, -0.2) is 19.9 Å². The van der Waals surface area contributed by atoms with Crippen LogP contribution >= 0.6 is 0 Å². The van der Waals surface area contributed by atoms with Gasteiger partial charge in [0.15, 0.2) is 5.65 Å². The van der Waals surface area contributed by atoms with Gasteiger partial charge in [0.05, 0.1) is 11.9 Å². The summed E-state index contributed by atoms with van der Waals surface area (Å²) in [5.74, 6) is 0. The van der Waals surface area contributed by atoms with Gasteiger partial charge in [-0.3, -0.25) is 4.98 Å². The van der Waals surface area contributed by atoms with Crippen molar-refractivity contribution < 1.29 is 0 Å². The molecule has 0 spiro atoms. The van der Waals surface area contributed by atoms with Gasteiger partial charge in [-0.15, -0.1) is 0 Å². The maximum atomic E-state index is 4.34. The number of fused-ring (bicyclic) bond motifs is 3. The van der Waals surface area contributed by atoms with Gasteiger partial charge >= 0.3 is 0 Å². The third-order valence-electron chi connectivity index (χ3n) is 2.12. The summed E-state index contributed by atoms with van der Waals surface area (Å²) in [6.45, 7) is 0. The third kappa shape index (κ3) is 0.939. The van der Waals surface area contributed by atoms with E-state index in [1.54, 1.807) is 18.6 Å². The second-order valence-electron chi connectivity index (χ2n) is 2.96. The molecule has 0 aliphatic carbocycles.